The predicted molar refractivity (Wildman–Crippen MR) is 94.5 cm³/mol. The maximum absolute atomic E-state index is 11.9. The van der Waals surface area contributed by atoms with E-state index < -0.39 is 5.97 Å². The molecule has 1 heterocycles. The molecule has 0 aliphatic heterocycles. The highest BCUT2D eigenvalue weighted by molar-refractivity contribution is 9.13. The highest BCUT2D eigenvalue weighted by Gasteiger charge is 2.15. The van der Waals surface area contributed by atoms with E-state index in [4.69, 9.17) is 4.74 Å². The van der Waals surface area contributed by atoms with Crippen LogP contribution in [0.5, 0.6) is 0 Å². The fraction of sp³-hybridized carbons (Fsp3) is 0.200. The van der Waals surface area contributed by atoms with Crippen LogP contribution in [0.4, 0.5) is 5.69 Å². The molecule has 2 aromatic rings. The highest BCUT2D eigenvalue weighted by atomic mass is 79.9. The molecule has 0 aliphatic rings. The molecule has 1 aromatic carbocycles. The number of amides is 1. The van der Waals surface area contributed by atoms with Crippen molar-refractivity contribution in [2.24, 2.45) is 0 Å². The lowest BCUT2D eigenvalue weighted by Gasteiger charge is -2.09. The second kappa shape index (κ2) is 7.89. The molecular weight excluding hydrogens is 434 g/mol. The molecule has 0 saturated heterocycles. The Morgan fingerprint density at radius 1 is 1.27 bits per heavy atom. The summed E-state index contributed by atoms with van der Waals surface area (Å²) in [7, 11) is 0. The summed E-state index contributed by atoms with van der Waals surface area (Å²) in [5.41, 5.74) is 1.78. The summed E-state index contributed by atoms with van der Waals surface area (Å²) in [4.78, 5) is 24.2. The summed E-state index contributed by atoms with van der Waals surface area (Å²) in [6.45, 7) is 1.70. The molecule has 0 aliphatic carbocycles. The van der Waals surface area contributed by atoms with Gasteiger partial charge in [0.1, 0.15) is 4.88 Å². The number of hydrogen-bond donors (Lipinski definition) is 1. The number of hydrogen-bond acceptors (Lipinski definition) is 4. The van der Waals surface area contributed by atoms with Crippen molar-refractivity contribution in [2.45, 2.75) is 13.3 Å². The lowest BCUT2D eigenvalue weighted by atomic mass is 10.1. The van der Waals surface area contributed by atoms with Crippen molar-refractivity contribution >= 4 is 60.8 Å². The number of rotatable bonds is 5. The Kier molecular flexibility index (Phi) is 6.16. The van der Waals surface area contributed by atoms with Crippen LogP contribution in [0.25, 0.3) is 0 Å². The third-order valence-electron chi connectivity index (χ3n) is 2.85. The van der Waals surface area contributed by atoms with Crippen LogP contribution in [0.1, 0.15) is 22.2 Å². The Labute approximate surface area is 149 Å². The number of esters is 1. The van der Waals surface area contributed by atoms with E-state index in [0.717, 1.165) is 25.9 Å². The molecule has 7 heteroatoms. The van der Waals surface area contributed by atoms with Gasteiger partial charge in [0.05, 0.1) is 3.79 Å². The number of anilines is 1. The second-order valence-electron chi connectivity index (χ2n) is 4.37. The van der Waals surface area contributed by atoms with Gasteiger partial charge in [-0.05, 0) is 56.0 Å². The van der Waals surface area contributed by atoms with Crippen molar-refractivity contribution in [3.05, 3.63) is 49.0 Å². The van der Waals surface area contributed by atoms with E-state index in [-0.39, 0.29) is 12.5 Å². The van der Waals surface area contributed by atoms with Crippen molar-refractivity contribution in [1.29, 1.82) is 0 Å². The van der Waals surface area contributed by atoms with Gasteiger partial charge in [0.15, 0.2) is 6.61 Å². The maximum atomic E-state index is 11.9. The van der Waals surface area contributed by atoms with Crippen molar-refractivity contribution in [3.8, 4) is 0 Å². The number of ether oxygens (including phenoxy) is 1. The van der Waals surface area contributed by atoms with Gasteiger partial charge >= 0.3 is 5.97 Å². The first kappa shape index (κ1) is 17.2. The molecule has 2 rings (SSSR count). The van der Waals surface area contributed by atoms with Gasteiger partial charge in [-0.15, -0.1) is 11.3 Å². The summed E-state index contributed by atoms with van der Waals surface area (Å²) < 4.78 is 6.61. The number of carbonyl (C=O) groups is 2. The van der Waals surface area contributed by atoms with Gasteiger partial charge in [0.25, 0.3) is 5.91 Å². The molecule has 22 heavy (non-hydrogen) atoms. The fourth-order valence-corrected chi connectivity index (χ4v) is 3.72. The summed E-state index contributed by atoms with van der Waals surface area (Å²) in [5.74, 6) is -0.876. The van der Waals surface area contributed by atoms with Gasteiger partial charge in [-0.2, -0.15) is 0 Å². The molecule has 0 saturated carbocycles. The van der Waals surface area contributed by atoms with Crippen LogP contribution in [0.2, 0.25) is 0 Å². The summed E-state index contributed by atoms with van der Waals surface area (Å²) in [6.07, 6.45) is 0.813. The highest BCUT2D eigenvalue weighted by Crippen LogP contribution is 2.32. The first-order chi connectivity index (χ1) is 10.5. The number of aryl methyl sites for hydroxylation is 1. The number of carbonyl (C=O) groups excluding carboxylic acids is 2. The fourth-order valence-electron chi connectivity index (χ4n) is 1.79. The maximum Gasteiger partial charge on any atom is 0.348 e. The van der Waals surface area contributed by atoms with E-state index in [9.17, 15) is 9.59 Å². The van der Waals surface area contributed by atoms with Crippen LogP contribution in [-0.2, 0) is 16.0 Å². The van der Waals surface area contributed by atoms with Gasteiger partial charge in [0, 0.05) is 10.2 Å². The molecule has 0 unspecified atom stereocenters. The first-order valence-electron chi connectivity index (χ1n) is 6.51. The van der Waals surface area contributed by atoms with Gasteiger partial charge in [-0.1, -0.05) is 25.1 Å². The third-order valence-corrected chi connectivity index (χ3v) is 6.09. The molecular formula is C15H13Br2NO3S. The van der Waals surface area contributed by atoms with Crippen LogP contribution >= 0.6 is 43.2 Å². The number of halogens is 2. The quantitative estimate of drug-likeness (QED) is 0.681. The molecule has 1 amide bonds. The van der Waals surface area contributed by atoms with Gasteiger partial charge < -0.3 is 10.1 Å². The molecule has 0 radical (unpaired) electrons. The van der Waals surface area contributed by atoms with Crippen LogP contribution in [-0.4, -0.2) is 18.5 Å². The summed E-state index contributed by atoms with van der Waals surface area (Å²) in [6, 6.07) is 9.19. The van der Waals surface area contributed by atoms with Crippen LogP contribution in [0, 0.1) is 0 Å². The summed E-state index contributed by atoms with van der Waals surface area (Å²) >= 11 is 7.86. The Morgan fingerprint density at radius 2 is 2.00 bits per heavy atom. The van der Waals surface area contributed by atoms with Crippen molar-refractivity contribution in [3.63, 3.8) is 0 Å². The number of nitrogens with one attached hydrogen (secondary N) is 1. The van der Waals surface area contributed by atoms with E-state index in [1.165, 1.54) is 11.3 Å². The molecule has 0 spiro atoms. The normalized spacial score (nSPS) is 10.3. The van der Waals surface area contributed by atoms with E-state index in [2.05, 4.69) is 37.2 Å². The molecule has 4 nitrogen and oxygen atoms in total. The molecule has 0 bridgehead atoms. The number of benzene rings is 1. The van der Waals surface area contributed by atoms with Crippen LogP contribution in [0.3, 0.4) is 0 Å². The van der Waals surface area contributed by atoms with Crippen LogP contribution in [0.15, 0.2) is 38.6 Å². The molecule has 0 atom stereocenters. The third kappa shape index (κ3) is 4.41. The molecule has 1 aromatic heterocycles. The molecule has 116 valence electrons. The lowest BCUT2D eigenvalue weighted by molar-refractivity contribution is -0.119. The van der Waals surface area contributed by atoms with Gasteiger partial charge in [-0.3, -0.25) is 4.79 Å². The predicted octanol–water partition coefficient (Wildman–Crippen LogP) is 4.63. The Morgan fingerprint density at radius 3 is 2.64 bits per heavy atom. The topological polar surface area (TPSA) is 55.4 Å². The largest absolute Gasteiger partial charge is 0.451 e. The summed E-state index contributed by atoms with van der Waals surface area (Å²) in [5, 5.41) is 2.75. The smallest absolute Gasteiger partial charge is 0.348 e. The zero-order chi connectivity index (χ0) is 16.1. The van der Waals surface area contributed by atoms with E-state index in [0.29, 0.717) is 4.88 Å². The second-order valence-corrected chi connectivity index (χ2v) is 7.59. The Balaban J connectivity index is 1.91. The SMILES string of the molecule is CCc1ccccc1NC(=O)COC(=O)c1cc(Br)c(Br)s1. The van der Waals surface area contributed by atoms with Gasteiger partial charge in [-0.25, -0.2) is 4.79 Å². The molecule has 1 N–H and O–H groups in total. The van der Waals surface area contributed by atoms with Crippen molar-refractivity contribution in [2.75, 3.05) is 11.9 Å². The average molecular weight is 447 g/mol. The Hall–Kier alpha value is -1.18. The zero-order valence-corrected chi connectivity index (χ0v) is 15.7. The van der Waals surface area contributed by atoms with Gasteiger partial charge in [0.2, 0.25) is 0 Å². The van der Waals surface area contributed by atoms with Crippen molar-refractivity contribution < 1.29 is 14.3 Å². The standard InChI is InChI=1S/C15H13Br2NO3S/c1-2-9-5-3-4-6-11(9)18-13(19)8-21-15(20)12-7-10(16)14(17)22-12/h3-7H,2,8H2,1H3,(H,18,19). The minimum Gasteiger partial charge on any atom is -0.451 e. The van der Waals surface area contributed by atoms with E-state index >= 15 is 0 Å². The minimum atomic E-state index is -0.518. The number of thiophene rings is 1. The molecule has 0 fully saturated rings. The van der Waals surface area contributed by atoms with Crippen LogP contribution < -0.4 is 5.32 Å². The van der Waals surface area contributed by atoms with E-state index in [1.807, 2.05) is 31.2 Å². The monoisotopic (exact) mass is 445 g/mol. The first-order valence-corrected chi connectivity index (χ1v) is 8.91. The lowest BCUT2D eigenvalue weighted by Crippen LogP contribution is -2.21. The minimum absolute atomic E-state index is 0.315. The average Bonchev–Trinajstić information content (AvgIpc) is 2.85. The Bertz CT molecular complexity index is 680. The van der Waals surface area contributed by atoms with Crippen molar-refractivity contribution in [1.82, 2.24) is 0 Å². The zero-order valence-electron chi connectivity index (χ0n) is 11.7. The van der Waals surface area contributed by atoms with E-state index in [1.54, 1.807) is 6.07 Å². The number of para-hydroxylation sites is 1.